The molecule has 0 aliphatic heterocycles. The SMILES string of the molecule is CC1CCCC(NCc2cccc3cccnc23)C1. The van der Waals surface area contributed by atoms with E-state index in [0.29, 0.717) is 6.04 Å². The maximum atomic E-state index is 4.52. The molecular formula is C17H22N2. The summed E-state index contributed by atoms with van der Waals surface area (Å²) in [6, 6.07) is 11.3. The fourth-order valence-electron chi connectivity index (χ4n) is 3.18. The quantitative estimate of drug-likeness (QED) is 0.898. The number of nitrogens with one attached hydrogen (secondary N) is 1. The maximum Gasteiger partial charge on any atom is 0.0746 e. The summed E-state index contributed by atoms with van der Waals surface area (Å²) in [5.41, 5.74) is 2.46. The molecule has 2 heteroatoms. The van der Waals surface area contributed by atoms with E-state index in [1.807, 2.05) is 12.3 Å². The molecular weight excluding hydrogens is 232 g/mol. The average molecular weight is 254 g/mol. The van der Waals surface area contributed by atoms with Crippen LogP contribution in [0.4, 0.5) is 0 Å². The molecule has 1 saturated carbocycles. The van der Waals surface area contributed by atoms with Crippen LogP contribution in [0.15, 0.2) is 36.5 Å². The van der Waals surface area contributed by atoms with Gasteiger partial charge in [0.1, 0.15) is 0 Å². The van der Waals surface area contributed by atoms with E-state index in [1.54, 1.807) is 0 Å². The molecule has 0 radical (unpaired) electrons. The van der Waals surface area contributed by atoms with E-state index in [0.717, 1.165) is 18.0 Å². The zero-order valence-corrected chi connectivity index (χ0v) is 11.6. The van der Waals surface area contributed by atoms with Crippen molar-refractivity contribution in [3.63, 3.8) is 0 Å². The first kappa shape index (κ1) is 12.6. The van der Waals surface area contributed by atoms with Crippen LogP contribution in [0.3, 0.4) is 0 Å². The minimum atomic E-state index is 0.683. The highest BCUT2D eigenvalue weighted by atomic mass is 14.9. The Morgan fingerprint density at radius 3 is 3.00 bits per heavy atom. The summed E-state index contributed by atoms with van der Waals surface area (Å²) >= 11 is 0. The molecule has 1 aliphatic rings. The zero-order chi connectivity index (χ0) is 13.1. The van der Waals surface area contributed by atoms with Gasteiger partial charge in [-0.25, -0.2) is 0 Å². The minimum absolute atomic E-state index is 0.683. The number of hydrogen-bond acceptors (Lipinski definition) is 2. The summed E-state index contributed by atoms with van der Waals surface area (Å²) < 4.78 is 0. The molecule has 1 aliphatic carbocycles. The van der Waals surface area contributed by atoms with Gasteiger partial charge in [0, 0.05) is 24.2 Å². The first-order valence-corrected chi connectivity index (χ1v) is 7.39. The van der Waals surface area contributed by atoms with Crippen molar-refractivity contribution in [2.45, 2.75) is 45.2 Å². The lowest BCUT2D eigenvalue weighted by Crippen LogP contribution is -2.33. The molecule has 1 fully saturated rings. The second kappa shape index (κ2) is 5.70. The third-order valence-electron chi connectivity index (χ3n) is 4.23. The first-order chi connectivity index (χ1) is 9.33. The van der Waals surface area contributed by atoms with Crippen molar-refractivity contribution in [1.29, 1.82) is 0 Å². The lowest BCUT2D eigenvalue weighted by Gasteiger charge is -2.27. The molecule has 0 amide bonds. The molecule has 1 N–H and O–H groups in total. The van der Waals surface area contributed by atoms with Gasteiger partial charge in [-0.2, -0.15) is 0 Å². The van der Waals surface area contributed by atoms with Crippen molar-refractivity contribution in [2.24, 2.45) is 5.92 Å². The van der Waals surface area contributed by atoms with Crippen molar-refractivity contribution in [3.8, 4) is 0 Å². The first-order valence-electron chi connectivity index (χ1n) is 7.39. The van der Waals surface area contributed by atoms with Crippen molar-refractivity contribution in [2.75, 3.05) is 0 Å². The summed E-state index contributed by atoms with van der Waals surface area (Å²) in [4.78, 5) is 4.52. The zero-order valence-electron chi connectivity index (χ0n) is 11.6. The standard InChI is InChI=1S/C17H22N2/c1-13-5-2-9-16(11-13)19-12-15-7-3-6-14-8-4-10-18-17(14)15/h3-4,6-8,10,13,16,19H,2,5,9,11-12H2,1H3. The molecule has 2 aromatic rings. The fraction of sp³-hybridized carbons (Fsp3) is 0.471. The maximum absolute atomic E-state index is 4.52. The minimum Gasteiger partial charge on any atom is -0.310 e. The number of benzene rings is 1. The third-order valence-corrected chi connectivity index (χ3v) is 4.23. The monoisotopic (exact) mass is 254 g/mol. The molecule has 1 aromatic carbocycles. The Labute approximate surface area is 115 Å². The van der Waals surface area contributed by atoms with E-state index in [4.69, 9.17) is 0 Å². The smallest absolute Gasteiger partial charge is 0.0746 e. The van der Waals surface area contributed by atoms with Gasteiger partial charge >= 0.3 is 0 Å². The Morgan fingerprint density at radius 2 is 2.11 bits per heavy atom. The number of para-hydroxylation sites is 1. The van der Waals surface area contributed by atoms with Crippen LogP contribution in [0.1, 0.15) is 38.2 Å². The molecule has 0 spiro atoms. The van der Waals surface area contributed by atoms with E-state index in [1.165, 1.54) is 36.6 Å². The number of fused-ring (bicyclic) bond motifs is 1. The number of hydrogen-bond donors (Lipinski definition) is 1. The second-order valence-electron chi connectivity index (χ2n) is 5.84. The van der Waals surface area contributed by atoms with Crippen LogP contribution in [-0.4, -0.2) is 11.0 Å². The van der Waals surface area contributed by atoms with Gasteiger partial charge in [-0.3, -0.25) is 4.98 Å². The van der Waals surface area contributed by atoms with E-state index in [2.05, 4.69) is 41.5 Å². The van der Waals surface area contributed by atoms with Crippen LogP contribution in [0.2, 0.25) is 0 Å². The molecule has 0 bridgehead atoms. The Balaban J connectivity index is 1.71. The molecule has 1 aromatic heterocycles. The van der Waals surface area contributed by atoms with Crippen LogP contribution in [0, 0.1) is 5.92 Å². The summed E-state index contributed by atoms with van der Waals surface area (Å²) in [6.07, 6.45) is 7.29. The van der Waals surface area contributed by atoms with Crippen molar-refractivity contribution < 1.29 is 0 Å². The second-order valence-corrected chi connectivity index (χ2v) is 5.84. The van der Waals surface area contributed by atoms with Crippen molar-refractivity contribution in [3.05, 3.63) is 42.1 Å². The Kier molecular flexibility index (Phi) is 3.79. The van der Waals surface area contributed by atoms with Gasteiger partial charge in [-0.05, 0) is 30.4 Å². The summed E-state index contributed by atoms with van der Waals surface area (Å²) in [5, 5.41) is 4.96. The number of aromatic nitrogens is 1. The van der Waals surface area contributed by atoms with Crippen LogP contribution >= 0.6 is 0 Å². The summed E-state index contributed by atoms with van der Waals surface area (Å²) in [5.74, 6) is 0.872. The lowest BCUT2D eigenvalue weighted by molar-refractivity contribution is 0.301. The Morgan fingerprint density at radius 1 is 1.21 bits per heavy atom. The van der Waals surface area contributed by atoms with Gasteiger partial charge in [-0.1, -0.05) is 44.0 Å². The Hall–Kier alpha value is -1.41. The topological polar surface area (TPSA) is 24.9 Å². The normalized spacial score (nSPS) is 23.6. The molecule has 2 unspecified atom stereocenters. The number of rotatable bonds is 3. The third kappa shape index (κ3) is 2.95. The average Bonchev–Trinajstić information content (AvgIpc) is 2.45. The van der Waals surface area contributed by atoms with Gasteiger partial charge in [-0.15, -0.1) is 0 Å². The van der Waals surface area contributed by atoms with E-state index in [9.17, 15) is 0 Å². The van der Waals surface area contributed by atoms with Crippen LogP contribution in [0.25, 0.3) is 10.9 Å². The van der Waals surface area contributed by atoms with Crippen molar-refractivity contribution >= 4 is 10.9 Å². The number of nitrogens with zero attached hydrogens (tertiary/aromatic N) is 1. The molecule has 3 rings (SSSR count). The van der Waals surface area contributed by atoms with E-state index in [-0.39, 0.29) is 0 Å². The highest BCUT2D eigenvalue weighted by Gasteiger charge is 2.18. The van der Waals surface area contributed by atoms with Crippen LogP contribution in [0.5, 0.6) is 0 Å². The van der Waals surface area contributed by atoms with Gasteiger partial charge in [0.15, 0.2) is 0 Å². The highest BCUT2D eigenvalue weighted by Crippen LogP contribution is 2.24. The summed E-state index contributed by atoms with van der Waals surface area (Å²) in [7, 11) is 0. The summed E-state index contributed by atoms with van der Waals surface area (Å²) in [6.45, 7) is 3.30. The molecule has 100 valence electrons. The van der Waals surface area contributed by atoms with Gasteiger partial charge in [0.2, 0.25) is 0 Å². The van der Waals surface area contributed by atoms with Crippen LogP contribution < -0.4 is 5.32 Å². The Bertz CT molecular complexity index is 544. The molecule has 1 heterocycles. The van der Waals surface area contributed by atoms with Gasteiger partial charge in [0.05, 0.1) is 5.52 Å². The number of pyridine rings is 1. The lowest BCUT2D eigenvalue weighted by atomic mass is 9.87. The van der Waals surface area contributed by atoms with E-state index < -0.39 is 0 Å². The largest absolute Gasteiger partial charge is 0.310 e. The highest BCUT2D eigenvalue weighted by molar-refractivity contribution is 5.81. The van der Waals surface area contributed by atoms with E-state index >= 15 is 0 Å². The fourth-order valence-corrected chi connectivity index (χ4v) is 3.18. The predicted molar refractivity (Wildman–Crippen MR) is 80.0 cm³/mol. The molecule has 0 saturated heterocycles. The van der Waals surface area contributed by atoms with Gasteiger partial charge in [0.25, 0.3) is 0 Å². The van der Waals surface area contributed by atoms with Crippen molar-refractivity contribution in [1.82, 2.24) is 10.3 Å². The molecule has 19 heavy (non-hydrogen) atoms. The van der Waals surface area contributed by atoms with Crippen LogP contribution in [-0.2, 0) is 6.54 Å². The molecule has 2 atom stereocenters. The van der Waals surface area contributed by atoms with Gasteiger partial charge < -0.3 is 5.32 Å². The predicted octanol–water partition coefficient (Wildman–Crippen LogP) is 3.90. The molecule has 2 nitrogen and oxygen atoms in total.